The van der Waals surface area contributed by atoms with Crippen LogP contribution in [0, 0.1) is 6.92 Å². The molecule has 6 rings (SSSR count). The Balaban J connectivity index is 1.35. The van der Waals surface area contributed by atoms with Crippen molar-refractivity contribution in [3.8, 4) is 6.01 Å². The molecule has 4 heterocycles. The Kier molecular flexibility index (Phi) is 6.87. The van der Waals surface area contributed by atoms with E-state index in [1.807, 2.05) is 29.4 Å². The maximum Gasteiger partial charge on any atom is 0.318 e. The van der Waals surface area contributed by atoms with Gasteiger partial charge in [0.1, 0.15) is 5.82 Å². The minimum atomic E-state index is -0.0737. The van der Waals surface area contributed by atoms with E-state index in [0.717, 1.165) is 65.0 Å². The molecule has 3 aromatic rings. The van der Waals surface area contributed by atoms with Gasteiger partial charge in [-0.1, -0.05) is 11.6 Å². The summed E-state index contributed by atoms with van der Waals surface area (Å²) >= 11 is 8.60. The number of halogens is 1. The van der Waals surface area contributed by atoms with Crippen LogP contribution in [0.2, 0.25) is 5.02 Å². The highest BCUT2D eigenvalue weighted by atomic mass is 35.5. The number of anilines is 2. The minimum absolute atomic E-state index is 0.0737. The van der Waals surface area contributed by atoms with Crippen LogP contribution in [0.5, 0.6) is 6.01 Å². The molecule has 0 radical (unpaired) electrons. The molecule has 206 valence electrons. The third-order valence-corrected chi connectivity index (χ3v) is 9.52. The number of aryl methyl sites for hydroxylation is 1. The Labute approximate surface area is 238 Å². The number of nitrogen functional groups attached to an aromatic ring is 1. The van der Waals surface area contributed by atoms with E-state index in [1.165, 1.54) is 24.0 Å². The summed E-state index contributed by atoms with van der Waals surface area (Å²) in [5, 5.41) is 5.68. The molecule has 1 unspecified atom stereocenters. The van der Waals surface area contributed by atoms with E-state index in [4.69, 9.17) is 32.0 Å². The monoisotopic (exact) mass is 567 g/mol. The van der Waals surface area contributed by atoms with Crippen molar-refractivity contribution in [2.45, 2.75) is 62.6 Å². The first kappa shape index (κ1) is 26.3. The number of aromatic nitrogens is 4. The SMILES string of the molecule is COc1nc2c(c(N3CCCn4nc(C(=O)N(C)C)c(C)c4C3)n1)CSC(c1cc(N)cc(Cl)c1C1CC1)C2. The molecule has 3 aliphatic rings. The molecular formula is C28H34ClN7O2S. The van der Waals surface area contributed by atoms with Gasteiger partial charge in [-0.2, -0.15) is 15.1 Å². The normalized spacial score (nSPS) is 18.8. The summed E-state index contributed by atoms with van der Waals surface area (Å²) in [6, 6.07) is 4.36. The summed E-state index contributed by atoms with van der Waals surface area (Å²) in [5.41, 5.74) is 14.1. The highest BCUT2D eigenvalue weighted by molar-refractivity contribution is 7.98. The second-order valence-electron chi connectivity index (χ2n) is 10.9. The number of carbonyl (C=O) groups is 1. The van der Waals surface area contributed by atoms with E-state index in [2.05, 4.69) is 16.1 Å². The Morgan fingerprint density at radius 1 is 1.23 bits per heavy atom. The zero-order chi connectivity index (χ0) is 27.4. The van der Waals surface area contributed by atoms with Crippen molar-refractivity contribution in [1.82, 2.24) is 24.6 Å². The molecule has 1 saturated carbocycles. The minimum Gasteiger partial charge on any atom is -0.467 e. The van der Waals surface area contributed by atoms with Gasteiger partial charge in [0.25, 0.3) is 5.91 Å². The zero-order valence-corrected chi connectivity index (χ0v) is 24.4. The van der Waals surface area contributed by atoms with Crippen molar-refractivity contribution < 1.29 is 9.53 Å². The van der Waals surface area contributed by atoms with Crippen LogP contribution in [-0.2, 0) is 25.3 Å². The standard InChI is InChI=1S/C28H34ClN7O2S/c1-15-22-13-35(8-5-9-36(22)33-25(15)27(37)34(2)3)26-19-14-39-23(12-21(19)31-28(32-26)38-4)18-10-17(30)11-20(29)24(18)16-6-7-16/h10-11,16,23H,5-9,12-14,30H2,1-4H3. The molecule has 0 bridgehead atoms. The number of hydrogen-bond donors (Lipinski definition) is 1. The van der Waals surface area contributed by atoms with Crippen molar-refractivity contribution in [3.05, 3.63) is 56.5 Å². The molecule has 1 aromatic carbocycles. The fraction of sp³-hybridized carbons (Fsp3) is 0.500. The predicted octanol–water partition coefficient (Wildman–Crippen LogP) is 4.75. The summed E-state index contributed by atoms with van der Waals surface area (Å²) < 4.78 is 7.58. The number of carbonyl (C=O) groups excluding carboxylic acids is 1. The quantitative estimate of drug-likeness (QED) is 0.441. The van der Waals surface area contributed by atoms with Crippen molar-refractivity contribution >= 4 is 40.8 Å². The lowest BCUT2D eigenvalue weighted by atomic mass is 9.96. The number of fused-ring (bicyclic) bond motifs is 2. The van der Waals surface area contributed by atoms with Crippen LogP contribution in [0.3, 0.4) is 0 Å². The van der Waals surface area contributed by atoms with Crippen molar-refractivity contribution in [1.29, 1.82) is 0 Å². The van der Waals surface area contributed by atoms with Crippen LogP contribution < -0.4 is 15.4 Å². The first-order chi connectivity index (χ1) is 18.7. The smallest absolute Gasteiger partial charge is 0.318 e. The molecular weight excluding hydrogens is 534 g/mol. The Morgan fingerprint density at radius 3 is 2.74 bits per heavy atom. The molecule has 1 atom stereocenters. The van der Waals surface area contributed by atoms with Crippen molar-refractivity contribution in [2.24, 2.45) is 0 Å². The Hall–Kier alpha value is -2.98. The topological polar surface area (TPSA) is 102 Å². The van der Waals surface area contributed by atoms with Crippen LogP contribution in [0.25, 0.3) is 0 Å². The van der Waals surface area contributed by atoms with Gasteiger partial charge in [0.05, 0.1) is 25.0 Å². The number of nitrogens with zero attached hydrogens (tertiary/aromatic N) is 6. The van der Waals surface area contributed by atoms with E-state index in [-0.39, 0.29) is 11.2 Å². The van der Waals surface area contributed by atoms with E-state index in [9.17, 15) is 4.79 Å². The van der Waals surface area contributed by atoms with E-state index >= 15 is 0 Å². The molecule has 1 fully saturated rings. The Morgan fingerprint density at radius 2 is 2.03 bits per heavy atom. The van der Waals surface area contributed by atoms with Gasteiger partial charge < -0.3 is 20.3 Å². The molecule has 11 heteroatoms. The number of amides is 1. The Bertz CT molecular complexity index is 1450. The van der Waals surface area contributed by atoms with E-state index in [0.29, 0.717) is 29.9 Å². The van der Waals surface area contributed by atoms with Gasteiger partial charge in [-0.15, -0.1) is 11.8 Å². The van der Waals surface area contributed by atoms with Crippen LogP contribution in [0.4, 0.5) is 11.5 Å². The molecule has 1 aliphatic carbocycles. The van der Waals surface area contributed by atoms with E-state index in [1.54, 1.807) is 26.1 Å². The predicted molar refractivity (Wildman–Crippen MR) is 155 cm³/mol. The third kappa shape index (κ3) is 4.82. The molecule has 1 amide bonds. The van der Waals surface area contributed by atoms with Crippen LogP contribution in [0.1, 0.15) is 74.6 Å². The molecule has 2 aromatic heterocycles. The molecule has 2 aliphatic heterocycles. The summed E-state index contributed by atoms with van der Waals surface area (Å²) in [4.78, 5) is 26.3. The number of ether oxygens (including phenoxy) is 1. The van der Waals surface area contributed by atoms with Gasteiger partial charge >= 0.3 is 6.01 Å². The van der Waals surface area contributed by atoms with E-state index < -0.39 is 0 Å². The summed E-state index contributed by atoms with van der Waals surface area (Å²) in [6.45, 7) is 4.20. The van der Waals surface area contributed by atoms with Crippen molar-refractivity contribution in [2.75, 3.05) is 38.4 Å². The maximum atomic E-state index is 12.7. The average molecular weight is 568 g/mol. The summed E-state index contributed by atoms with van der Waals surface area (Å²) in [6.07, 6.45) is 4.01. The first-order valence-electron chi connectivity index (χ1n) is 13.4. The van der Waals surface area contributed by atoms with Gasteiger partial charge in [-0.05, 0) is 55.4 Å². The van der Waals surface area contributed by atoms with Crippen LogP contribution >= 0.6 is 23.4 Å². The highest BCUT2D eigenvalue weighted by Gasteiger charge is 2.35. The number of thioether (sulfide) groups is 1. The van der Waals surface area contributed by atoms with Gasteiger partial charge in [0.2, 0.25) is 0 Å². The number of nitrogens with two attached hydrogens (primary N) is 1. The maximum absolute atomic E-state index is 12.7. The lowest BCUT2D eigenvalue weighted by molar-refractivity contribution is 0.0820. The van der Waals surface area contributed by atoms with Crippen LogP contribution in [-0.4, -0.2) is 58.3 Å². The largest absolute Gasteiger partial charge is 0.467 e. The zero-order valence-electron chi connectivity index (χ0n) is 22.8. The molecule has 0 spiro atoms. The van der Waals surface area contributed by atoms with Gasteiger partial charge in [0, 0.05) is 66.4 Å². The summed E-state index contributed by atoms with van der Waals surface area (Å²) in [5.74, 6) is 2.15. The number of benzene rings is 1. The second kappa shape index (κ2) is 10.2. The number of rotatable bonds is 5. The van der Waals surface area contributed by atoms with Crippen LogP contribution in [0.15, 0.2) is 12.1 Å². The van der Waals surface area contributed by atoms with Gasteiger partial charge in [-0.3, -0.25) is 9.48 Å². The molecule has 9 nitrogen and oxygen atoms in total. The second-order valence-corrected chi connectivity index (χ2v) is 12.5. The molecule has 2 N–H and O–H groups in total. The van der Waals surface area contributed by atoms with Gasteiger partial charge in [0.15, 0.2) is 5.69 Å². The lowest BCUT2D eigenvalue weighted by Gasteiger charge is -2.31. The number of methoxy groups -OCH3 is 1. The molecule has 0 saturated heterocycles. The fourth-order valence-electron chi connectivity index (χ4n) is 5.75. The number of hydrogen-bond acceptors (Lipinski definition) is 8. The lowest BCUT2D eigenvalue weighted by Crippen LogP contribution is -2.27. The third-order valence-electron chi connectivity index (χ3n) is 7.92. The summed E-state index contributed by atoms with van der Waals surface area (Å²) in [7, 11) is 5.13. The fourth-order valence-corrected chi connectivity index (χ4v) is 7.45. The molecule has 39 heavy (non-hydrogen) atoms. The van der Waals surface area contributed by atoms with Crippen molar-refractivity contribution in [3.63, 3.8) is 0 Å². The average Bonchev–Trinajstić information content (AvgIpc) is 3.73. The highest BCUT2D eigenvalue weighted by Crippen LogP contribution is 2.51. The van der Waals surface area contributed by atoms with Gasteiger partial charge in [-0.25, -0.2) is 0 Å². The first-order valence-corrected chi connectivity index (χ1v) is 14.8.